The van der Waals surface area contributed by atoms with Crippen LogP contribution in [0.5, 0.6) is 0 Å². The van der Waals surface area contributed by atoms with Gasteiger partial charge in [0.05, 0.1) is 31.0 Å². The van der Waals surface area contributed by atoms with E-state index in [1.54, 1.807) is 0 Å². The van der Waals surface area contributed by atoms with E-state index < -0.39 is 29.9 Å². The van der Waals surface area contributed by atoms with Crippen LogP contribution < -0.4 is 10.6 Å². The largest absolute Gasteiger partial charge is 0.466 e. The van der Waals surface area contributed by atoms with Crippen LogP contribution in [0.1, 0.15) is 28.4 Å². The summed E-state index contributed by atoms with van der Waals surface area (Å²) in [6.07, 6.45) is -3.46. The number of amides is 2. The lowest BCUT2D eigenvalue weighted by Crippen LogP contribution is -2.47. The Morgan fingerprint density at radius 1 is 1.28 bits per heavy atom. The van der Waals surface area contributed by atoms with Gasteiger partial charge >= 0.3 is 18.2 Å². The summed E-state index contributed by atoms with van der Waals surface area (Å²) in [4.78, 5) is 24.8. The number of ether oxygens (including phenoxy) is 1. The Bertz CT molecular complexity index is 995. The molecular weight excluding hydrogens is 389 g/mol. The zero-order valence-corrected chi connectivity index (χ0v) is 15.9. The molecule has 1 atom stereocenters. The van der Waals surface area contributed by atoms with Crippen molar-refractivity contribution in [3.63, 3.8) is 0 Å². The Hall–Kier alpha value is -3.30. The molecule has 2 amide bonds. The first-order chi connectivity index (χ1) is 13.6. The maximum Gasteiger partial charge on any atom is 0.435 e. The molecule has 0 saturated carbocycles. The van der Waals surface area contributed by atoms with Crippen LogP contribution in [-0.4, -0.2) is 28.9 Å². The number of halogens is 3. The van der Waals surface area contributed by atoms with Crippen molar-refractivity contribution in [1.29, 1.82) is 0 Å². The van der Waals surface area contributed by atoms with E-state index >= 15 is 0 Å². The number of benzene rings is 1. The maximum atomic E-state index is 12.8. The summed E-state index contributed by atoms with van der Waals surface area (Å²) in [5.74, 6) is -0.707. The number of hydrogen-bond donors (Lipinski definition) is 2. The molecule has 0 saturated heterocycles. The molecule has 154 valence electrons. The molecule has 2 heterocycles. The lowest BCUT2D eigenvalue weighted by Gasteiger charge is -2.30. The smallest absolute Gasteiger partial charge is 0.435 e. The van der Waals surface area contributed by atoms with Gasteiger partial charge in [0.2, 0.25) is 0 Å². The zero-order chi connectivity index (χ0) is 21.3. The normalized spacial score (nSPS) is 17.0. The van der Waals surface area contributed by atoms with Gasteiger partial charge in [0.1, 0.15) is 0 Å². The first-order valence-corrected chi connectivity index (χ1v) is 8.67. The van der Waals surface area contributed by atoms with Gasteiger partial charge in [0, 0.05) is 6.20 Å². The third-order valence-corrected chi connectivity index (χ3v) is 4.56. The molecule has 3 rings (SSSR count). The first kappa shape index (κ1) is 20.4. The van der Waals surface area contributed by atoms with Gasteiger partial charge in [-0.1, -0.05) is 23.8 Å². The Morgan fingerprint density at radius 3 is 2.62 bits per heavy atom. The van der Waals surface area contributed by atoms with Crippen LogP contribution in [0.15, 0.2) is 41.7 Å². The quantitative estimate of drug-likeness (QED) is 0.762. The summed E-state index contributed by atoms with van der Waals surface area (Å²) in [6.45, 7) is 3.46. The number of nitrogens with one attached hydrogen (secondary N) is 2. The van der Waals surface area contributed by atoms with Crippen molar-refractivity contribution in [2.45, 2.75) is 32.6 Å². The van der Waals surface area contributed by atoms with Gasteiger partial charge in [-0.25, -0.2) is 9.59 Å². The maximum absolute atomic E-state index is 12.8. The summed E-state index contributed by atoms with van der Waals surface area (Å²) >= 11 is 0. The highest BCUT2D eigenvalue weighted by Gasteiger charge is 2.36. The second kappa shape index (κ2) is 7.61. The third kappa shape index (κ3) is 4.25. The van der Waals surface area contributed by atoms with Gasteiger partial charge in [-0.2, -0.15) is 18.3 Å². The molecule has 29 heavy (non-hydrogen) atoms. The molecule has 1 aliphatic rings. The van der Waals surface area contributed by atoms with Gasteiger partial charge in [-0.05, 0) is 31.0 Å². The van der Waals surface area contributed by atoms with Crippen molar-refractivity contribution in [3.8, 4) is 0 Å². The molecule has 2 aromatic rings. The van der Waals surface area contributed by atoms with E-state index in [0.717, 1.165) is 28.1 Å². The number of carbonyl (C=O) groups excluding carboxylic acids is 2. The summed E-state index contributed by atoms with van der Waals surface area (Å²) in [7, 11) is 1.19. The minimum atomic E-state index is -4.59. The van der Waals surface area contributed by atoms with Crippen molar-refractivity contribution < 1.29 is 27.5 Å². The number of methoxy groups -OCH3 is 1. The van der Waals surface area contributed by atoms with Crippen LogP contribution in [0.3, 0.4) is 0 Å². The van der Waals surface area contributed by atoms with E-state index in [9.17, 15) is 22.8 Å². The minimum absolute atomic E-state index is 0.102. The van der Waals surface area contributed by atoms with Crippen molar-refractivity contribution in [3.05, 3.63) is 64.1 Å². The van der Waals surface area contributed by atoms with Gasteiger partial charge < -0.3 is 15.4 Å². The second-order valence-corrected chi connectivity index (χ2v) is 6.67. The van der Waals surface area contributed by atoms with Gasteiger partial charge in [0.25, 0.3) is 0 Å². The SMILES string of the molecule is COC(=O)C1=C(Cn2ccc(C(F)(F)F)n2)NC(=O)N[C@H]1c1cc(C)ccc1C. The number of aromatic nitrogens is 2. The molecule has 1 aromatic heterocycles. The Balaban J connectivity index is 2.08. The molecule has 0 aliphatic carbocycles. The first-order valence-electron chi connectivity index (χ1n) is 8.67. The predicted molar refractivity (Wildman–Crippen MR) is 96.6 cm³/mol. The van der Waals surface area contributed by atoms with E-state index in [0.29, 0.717) is 5.56 Å². The predicted octanol–water partition coefficient (Wildman–Crippen LogP) is 3.00. The number of esters is 1. The molecule has 0 unspecified atom stereocenters. The molecular formula is C19H19F3N4O3. The molecule has 1 aromatic carbocycles. The number of alkyl halides is 3. The van der Waals surface area contributed by atoms with Gasteiger partial charge in [-0.3, -0.25) is 4.68 Å². The summed E-state index contributed by atoms with van der Waals surface area (Å²) in [5.41, 5.74) is 1.60. The molecule has 2 N–H and O–H groups in total. The topological polar surface area (TPSA) is 85.2 Å². The molecule has 0 spiro atoms. The summed E-state index contributed by atoms with van der Waals surface area (Å²) < 4.78 is 44.4. The van der Waals surface area contributed by atoms with Crippen LogP contribution in [0.2, 0.25) is 0 Å². The zero-order valence-electron chi connectivity index (χ0n) is 15.9. The minimum Gasteiger partial charge on any atom is -0.466 e. The van der Waals surface area contributed by atoms with Crippen LogP contribution in [-0.2, 0) is 22.3 Å². The van der Waals surface area contributed by atoms with Gasteiger partial charge in [-0.15, -0.1) is 0 Å². The number of urea groups is 1. The average Bonchev–Trinajstić information content (AvgIpc) is 3.11. The Labute approximate surface area is 164 Å². The van der Waals surface area contributed by atoms with E-state index in [4.69, 9.17) is 4.74 Å². The standard InChI is InChI=1S/C19H19F3N4O3/c1-10-4-5-11(2)12(8-10)16-15(17(27)29-3)13(23-18(28)24-16)9-26-7-6-14(25-26)19(20,21)22/h4-8,16H,9H2,1-3H3,(H2,23,24,28)/t16-/m0/s1. The number of carbonyl (C=O) groups is 2. The fourth-order valence-corrected chi connectivity index (χ4v) is 3.16. The van der Waals surface area contributed by atoms with Gasteiger partial charge in [0.15, 0.2) is 5.69 Å². The van der Waals surface area contributed by atoms with Crippen molar-refractivity contribution in [1.82, 2.24) is 20.4 Å². The number of allylic oxidation sites excluding steroid dienone is 1. The van der Waals surface area contributed by atoms with Crippen LogP contribution >= 0.6 is 0 Å². The highest BCUT2D eigenvalue weighted by Crippen LogP contribution is 2.31. The second-order valence-electron chi connectivity index (χ2n) is 6.67. The molecule has 7 nitrogen and oxygen atoms in total. The summed E-state index contributed by atoms with van der Waals surface area (Å²) in [5, 5.41) is 8.67. The lowest BCUT2D eigenvalue weighted by atomic mass is 9.91. The number of nitrogens with zero attached hydrogens (tertiary/aromatic N) is 2. The average molecular weight is 408 g/mol. The fourth-order valence-electron chi connectivity index (χ4n) is 3.16. The Kier molecular flexibility index (Phi) is 5.36. The van der Waals surface area contributed by atoms with Crippen molar-refractivity contribution in [2.24, 2.45) is 0 Å². The lowest BCUT2D eigenvalue weighted by molar-refractivity contribution is -0.141. The van der Waals surface area contributed by atoms with Crippen LogP contribution in [0.4, 0.5) is 18.0 Å². The number of rotatable bonds is 4. The number of aryl methyl sites for hydroxylation is 2. The third-order valence-electron chi connectivity index (χ3n) is 4.56. The summed E-state index contributed by atoms with van der Waals surface area (Å²) in [6, 6.07) is 5.01. The molecule has 0 fully saturated rings. The molecule has 1 aliphatic heterocycles. The number of hydrogen-bond acceptors (Lipinski definition) is 4. The van der Waals surface area contributed by atoms with Crippen molar-refractivity contribution in [2.75, 3.05) is 7.11 Å². The molecule has 0 radical (unpaired) electrons. The Morgan fingerprint density at radius 2 is 2.00 bits per heavy atom. The van der Waals surface area contributed by atoms with Crippen molar-refractivity contribution >= 4 is 12.0 Å². The monoisotopic (exact) mass is 408 g/mol. The van der Waals surface area contributed by atoms with E-state index in [-0.39, 0.29) is 17.8 Å². The van der Waals surface area contributed by atoms with Crippen LogP contribution in [0, 0.1) is 13.8 Å². The van der Waals surface area contributed by atoms with E-state index in [1.807, 2.05) is 32.0 Å². The van der Waals surface area contributed by atoms with E-state index in [1.165, 1.54) is 7.11 Å². The molecule has 10 heteroatoms. The molecule has 0 bridgehead atoms. The highest BCUT2D eigenvalue weighted by molar-refractivity contribution is 5.95. The fraction of sp³-hybridized carbons (Fsp3) is 0.316. The van der Waals surface area contributed by atoms with E-state index in [2.05, 4.69) is 15.7 Å². The highest BCUT2D eigenvalue weighted by atomic mass is 19.4. The van der Waals surface area contributed by atoms with Crippen LogP contribution in [0.25, 0.3) is 0 Å².